The van der Waals surface area contributed by atoms with Gasteiger partial charge >= 0.3 is 0 Å². The van der Waals surface area contributed by atoms with Gasteiger partial charge in [0.25, 0.3) is 5.69 Å². The number of sulfonamides is 1. The minimum absolute atomic E-state index is 0.0129. The molecule has 28 heavy (non-hydrogen) atoms. The zero-order valence-electron chi connectivity index (χ0n) is 15.4. The van der Waals surface area contributed by atoms with Crippen molar-refractivity contribution < 1.29 is 22.9 Å². The summed E-state index contributed by atoms with van der Waals surface area (Å²) in [5.74, 6) is -0.333. The van der Waals surface area contributed by atoms with Gasteiger partial charge in [-0.25, -0.2) is 8.42 Å². The van der Waals surface area contributed by atoms with Crippen LogP contribution in [0.5, 0.6) is 0 Å². The van der Waals surface area contributed by atoms with Crippen molar-refractivity contribution in [2.75, 3.05) is 26.2 Å². The maximum absolute atomic E-state index is 12.7. The molecule has 1 aliphatic carbocycles. The number of nitro groups is 1. The summed E-state index contributed by atoms with van der Waals surface area (Å²) >= 11 is 0. The van der Waals surface area contributed by atoms with E-state index in [4.69, 9.17) is 0 Å². The van der Waals surface area contributed by atoms with Gasteiger partial charge in [-0.05, 0) is 31.9 Å². The van der Waals surface area contributed by atoms with Crippen LogP contribution in [0, 0.1) is 16.0 Å². The van der Waals surface area contributed by atoms with Crippen LogP contribution in [-0.2, 0) is 19.6 Å². The molecule has 0 unspecified atom stereocenters. The van der Waals surface area contributed by atoms with Crippen LogP contribution < -0.4 is 5.32 Å². The zero-order valence-corrected chi connectivity index (χ0v) is 16.2. The molecule has 0 bridgehead atoms. The lowest BCUT2D eigenvalue weighted by Gasteiger charge is -2.35. The van der Waals surface area contributed by atoms with Gasteiger partial charge in [0.05, 0.1) is 9.82 Å². The van der Waals surface area contributed by atoms with Gasteiger partial charge in [0.15, 0.2) is 0 Å². The predicted molar refractivity (Wildman–Crippen MR) is 98.8 cm³/mol. The third-order valence-corrected chi connectivity index (χ3v) is 6.83. The molecule has 2 amide bonds. The number of nitro benzene ring substituents is 1. The van der Waals surface area contributed by atoms with Crippen molar-refractivity contribution in [2.24, 2.45) is 5.92 Å². The molecule has 0 spiro atoms. The van der Waals surface area contributed by atoms with Crippen LogP contribution in [0.1, 0.15) is 19.8 Å². The van der Waals surface area contributed by atoms with Crippen LogP contribution in [0.15, 0.2) is 29.2 Å². The van der Waals surface area contributed by atoms with Gasteiger partial charge < -0.3 is 10.2 Å². The molecule has 152 valence electrons. The second kappa shape index (κ2) is 7.84. The number of nitrogens with one attached hydrogen (secondary N) is 1. The molecule has 0 aromatic heterocycles. The highest BCUT2D eigenvalue weighted by molar-refractivity contribution is 7.89. The van der Waals surface area contributed by atoms with Crippen molar-refractivity contribution in [3.63, 3.8) is 0 Å². The Morgan fingerprint density at radius 2 is 1.71 bits per heavy atom. The predicted octanol–water partition coefficient (Wildman–Crippen LogP) is 0.342. The summed E-state index contributed by atoms with van der Waals surface area (Å²) in [6.07, 6.45) is 1.71. The fourth-order valence-corrected chi connectivity index (χ4v) is 4.47. The molecular formula is C17H22N4O6S. The highest BCUT2D eigenvalue weighted by Crippen LogP contribution is 2.29. The molecule has 1 saturated carbocycles. The molecular weight excluding hydrogens is 388 g/mol. The Bertz CT molecular complexity index is 873. The summed E-state index contributed by atoms with van der Waals surface area (Å²) in [6.45, 7) is 2.30. The molecule has 2 aliphatic rings. The smallest absolute Gasteiger partial charge is 0.269 e. The van der Waals surface area contributed by atoms with Crippen molar-refractivity contribution in [1.82, 2.24) is 14.5 Å². The van der Waals surface area contributed by atoms with E-state index in [2.05, 4.69) is 5.32 Å². The van der Waals surface area contributed by atoms with Crippen LogP contribution in [0.3, 0.4) is 0 Å². The van der Waals surface area contributed by atoms with Crippen LogP contribution >= 0.6 is 0 Å². The molecule has 10 nitrogen and oxygen atoms in total. The Balaban J connectivity index is 1.58. The average molecular weight is 410 g/mol. The monoisotopic (exact) mass is 410 g/mol. The average Bonchev–Trinajstić information content (AvgIpc) is 3.53. The first-order valence-corrected chi connectivity index (χ1v) is 10.5. The maximum Gasteiger partial charge on any atom is 0.269 e. The second-order valence-corrected chi connectivity index (χ2v) is 8.92. The summed E-state index contributed by atoms with van der Waals surface area (Å²) in [7, 11) is -3.79. The number of hydrogen-bond donors (Lipinski definition) is 1. The highest BCUT2D eigenvalue weighted by atomic mass is 32.2. The molecule has 1 atom stereocenters. The zero-order chi connectivity index (χ0) is 20.5. The van der Waals surface area contributed by atoms with E-state index >= 15 is 0 Å². The van der Waals surface area contributed by atoms with Crippen LogP contribution in [0.4, 0.5) is 5.69 Å². The number of nitrogens with zero attached hydrogens (tertiary/aromatic N) is 3. The standard InChI is InChI=1S/C17H22N4O6S/c1-12(18-16(22)13-2-3-13)17(23)19-8-10-20(11-9-19)28(26,27)15-6-4-14(5-7-15)21(24)25/h4-7,12-13H,2-3,8-11H2,1H3,(H,18,22)/t12-/m0/s1. The minimum atomic E-state index is -3.79. The van der Waals surface area contributed by atoms with E-state index in [1.165, 1.54) is 16.4 Å². The van der Waals surface area contributed by atoms with Crippen LogP contribution in [0.25, 0.3) is 0 Å². The van der Waals surface area contributed by atoms with Crippen LogP contribution in [-0.4, -0.2) is 66.6 Å². The van der Waals surface area contributed by atoms with Gasteiger partial charge in [0.2, 0.25) is 21.8 Å². The Morgan fingerprint density at radius 1 is 1.14 bits per heavy atom. The second-order valence-electron chi connectivity index (χ2n) is 6.98. The Morgan fingerprint density at radius 3 is 2.21 bits per heavy atom. The fraction of sp³-hybridized carbons (Fsp3) is 0.529. The molecule has 3 rings (SSSR count). The van der Waals surface area contributed by atoms with Crippen molar-refractivity contribution >= 4 is 27.5 Å². The fourth-order valence-electron chi connectivity index (χ4n) is 3.05. The Kier molecular flexibility index (Phi) is 5.66. The first-order valence-electron chi connectivity index (χ1n) is 9.04. The number of hydrogen-bond acceptors (Lipinski definition) is 6. The lowest BCUT2D eigenvalue weighted by Crippen LogP contribution is -2.55. The molecule has 1 aromatic carbocycles. The van der Waals surface area contributed by atoms with E-state index in [0.29, 0.717) is 0 Å². The number of piperazine rings is 1. The largest absolute Gasteiger partial charge is 0.344 e. The number of non-ortho nitro benzene ring substituents is 1. The van der Waals surface area contributed by atoms with E-state index in [0.717, 1.165) is 25.0 Å². The number of carbonyl (C=O) groups is 2. The van der Waals surface area contributed by atoms with E-state index in [1.807, 2.05) is 0 Å². The minimum Gasteiger partial charge on any atom is -0.344 e. The molecule has 11 heteroatoms. The molecule has 1 heterocycles. The topological polar surface area (TPSA) is 130 Å². The Hall–Kier alpha value is -2.53. The summed E-state index contributed by atoms with van der Waals surface area (Å²) in [6, 6.07) is 4.07. The van der Waals surface area contributed by atoms with Gasteiger partial charge in [-0.2, -0.15) is 4.31 Å². The van der Waals surface area contributed by atoms with E-state index in [-0.39, 0.29) is 54.5 Å². The van der Waals surface area contributed by atoms with Crippen molar-refractivity contribution in [3.8, 4) is 0 Å². The summed E-state index contributed by atoms with van der Waals surface area (Å²) in [5.41, 5.74) is -0.184. The van der Waals surface area contributed by atoms with Gasteiger partial charge in [-0.3, -0.25) is 19.7 Å². The molecule has 1 aromatic rings. The molecule has 1 saturated heterocycles. The van der Waals surface area contributed by atoms with Gasteiger partial charge in [0, 0.05) is 44.2 Å². The van der Waals surface area contributed by atoms with Crippen molar-refractivity contribution in [1.29, 1.82) is 0 Å². The number of benzene rings is 1. The summed E-state index contributed by atoms with van der Waals surface area (Å²) in [4.78, 5) is 35.9. The highest BCUT2D eigenvalue weighted by Gasteiger charge is 2.34. The number of rotatable bonds is 6. The molecule has 0 radical (unpaired) electrons. The summed E-state index contributed by atoms with van der Waals surface area (Å²) < 4.78 is 26.7. The normalized spacial score (nSPS) is 19.1. The third kappa shape index (κ3) is 4.30. The lowest BCUT2D eigenvalue weighted by atomic mass is 10.2. The maximum atomic E-state index is 12.7. The number of carbonyl (C=O) groups excluding carboxylic acids is 2. The SMILES string of the molecule is C[C@H](NC(=O)C1CC1)C(=O)N1CCN(S(=O)(=O)c2ccc([N+](=O)[O-])cc2)CC1. The molecule has 1 N–H and O–H groups in total. The number of amides is 2. The van der Waals surface area contributed by atoms with Gasteiger partial charge in [0.1, 0.15) is 6.04 Å². The van der Waals surface area contributed by atoms with E-state index in [9.17, 15) is 28.1 Å². The quantitative estimate of drug-likeness (QED) is 0.532. The first-order chi connectivity index (χ1) is 13.2. The van der Waals surface area contributed by atoms with E-state index in [1.54, 1.807) is 11.8 Å². The third-order valence-electron chi connectivity index (χ3n) is 4.91. The van der Waals surface area contributed by atoms with Crippen molar-refractivity contribution in [3.05, 3.63) is 34.4 Å². The summed E-state index contributed by atoms with van der Waals surface area (Å²) in [5, 5.41) is 13.4. The van der Waals surface area contributed by atoms with Gasteiger partial charge in [-0.1, -0.05) is 0 Å². The van der Waals surface area contributed by atoms with Gasteiger partial charge in [-0.15, -0.1) is 0 Å². The van der Waals surface area contributed by atoms with E-state index < -0.39 is 21.0 Å². The molecule has 2 fully saturated rings. The molecule has 1 aliphatic heterocycles. The first kappa shape index (κ1) is 20.2. The van der Waals surface area contributed by atoms with Crippen molar-refractivity contribution in [2.45, 2.75) is 30.7 Å². The lowest BCUT2D eigenvalue weighted by molar-refractivity contribution is -0.384. The van der Waals surface area contributed by atoms with Crippen LogP contribution in [0.2, 0.25) is 0 Å². The Labute approximate surface area is 162 Å².